The van der Waals surface area contributed by atoms with Crippen LogP contribution in [0.2, 0.25) is 5.02 Å². The summed E-state index contributed by atoms with van der Waals surface area (Å²) in [5, 5.41) is 0.735. The fraction of sp³-hybridized carbons (Fsp3) is 0.273. The van der Waals surface area contributed by atoms with Crippen LogP contribution < -0.4 is 4.90 Å². The van der Waals surface area contributed by atoms with Gasteiger partial charge >= 0.3 is 0 Å². The molecule has 0 saturated carbocycles. The van der Waals surface area contributed by atoms with Crippen molar-refractivity contribution < 1.29 is 0 Å². The summed E-state index contributed by atoms with van der Waals surface area (Å²) >= 11 is 6.06. The molecule has 0 bridgehead atoms. The first kappa shape index (κ1) is 17.0. The van der Waals surface area contributed by atoms with E-state index in [1.807, 2.05) is 42.5 Å². The van der Waals surface area contributed by atoms with Crippen LogP contribution in [0.5, 0.6) is 0 Å². The van der Waals surface area contributed by atoms with Crippen molar-refractivity contribution in [2.24, 2.45) is 0 Å². The molecule has 3 nitrogen and oxygen atoms in total. The minimum atomic E-state index is 0.735. The second-order valence-corrected chi connectivity index (χ2v) is 7.15. The molecule has 1 saturated heterocycles. The summed E-state index contributed by atoms with van der Waals surface area (Å²) in [7, 11) is 0. The molecule has 26 heavy (non-hydrogen) atoms. The average molecular weight is 364 g/mol. The molecule has 132 valence electrons. The van der Waals surface area contributed by atoms with Crippen LogP contribution in [0.3, 0.4) is 0 Å². The van der Waals surface area contributed by atoms with Crippen LogP contribution in [-0.4, -0.2) is 23.1 Å². The van der Waals surface area contributed by atoms with E-state index in [9.17, 15) is 0 Å². The summed E-state index contributed by atoms with van der Waals surface area (Å²) in [6.07, 6.45) is 4.99. The van der Waals surface area contributed by atoms with E-state index < -0.39 is 0 Å². The topological polar surface area (TPSA) is 29.0 Å². The van der Waals surface area contributed by atoms with Crippen molar-refractivity contribution in [1.29, 1.82) is 0 Å². The van der Waals surface area contributed by atoms with Crippen molar-refractivity contribution in [2.75, 3.05) is 18.0 Å². The van der Waals surface area contributed by atoms with E-state index in [0.29, 0.717) is 0 Å². The van der Waals surface area contributed by atoms with E-state index in [1.165, 1.54) is 25.7 Å². The fourth-order valence-corrected chi connectivity index (χ4v) is 3.50. The predicted molar refractivity (Wildman–Crippen MR) is 109 cm³/mol. The molecular formula is C22H22ClN3. The summed E-state index contributed by atoms with van der Waals surface area (Å²) in [4.78, 5) is 12.1. The summed E-state index contributed by atoms with van der Waals surface area (Å²) in [6, 6.07) is 20.2. The number of rotatable bonds is 3. The highest BCUT2D eigenvalue weighted by molar-refractivity contribution is 6.30. The van der Waals surface area contributed by atoms with Gasteiger partial charge < -0.3 is 4.90 Å². The van der Waals surface area contributed by atoms with Gasteiger partial charge in [0, 0.05) is 29.2 Å². The Kier molecular flexibility index (Phi) is 5.16. The highest BCUT2D eigenvalue weighted by Gasteiger charge is 2.16. The number of benzene rings is 2. The number of hydrogen-bond donors (Lipinski definition) is 0. The molecule has 0 amide bonds. The molecule has 1 fully saturated rings. The van der Waals surface area contributed by atoms with Crippen molar-refractivity contribution >= 4 is 17.5 Å². The summed E-state index contributed by atoms with van der Waals surface area (Å²) < 4.78 is 0. The van der Waals surface area contributed by atoms with Gasteiger partial charge in [-0.25, -0.2) is 9.97 Å². The van der Waals surface area contributed by atoms with Crippen molar-refractivity contribution in [3.8, 4) is 22.5 Å². The third kappa shape index (κ3) is 3.88. The molecular weight excluding hydrogens is 342 g/mol. The monoisotopic (exact) mass is 363 g/mol. The number of aromatic nitrogens is 2. The van der Waals surface area contributed by atoms with Gasteiger partial charge in [0.1, 0.15) is 0 Å². The zero-order chi connectivity index (χ0) is 17.8. The number of anilines is 1. The van der Waals surface area contributed by atoms with Gasteiger partial charge in [-0.1, -0.05) is 66.9 Å². The number of nitrogens with zero attached hydrogens (tertiary/aromatic N) is 3. The van der Waals surface area contributed by atoms with Gasteiger partial charge in [-0.05, 0) is 31.0 Å². The van der Waals surface area contributed by atoms with E-state index in [4.69, 9.17) is 21.6 Å². The van der Waals surface area contributed by atoms with Crippen LogP contribution in [0, 0.1) is 0 Å². The Morgan fingerprint density at radius 2 is 1.27 bits per heavy atom. The first-order chi connectivity index (χ1) is 12.8. The first-order valence-electron chi connectivity index (χ1n) is 9.25. The van der Waals surface area contributed by atoms with E-state index in [2.05, 4.69) is 23.1 Å². The standard InChI is InChI=1S/C22H22ClN3/c23-19-12-10-18(11-13-19)21-16-20(17-8-4-3-5-9-17)24-22(25-21)26-14-6-1-2-7-15-26/h3-5,8-13,16H,1-2,6-7,14-15H2. The zero-order valence-corrected chi connectivity index (χ0v) is 15.5. The smallest absolute Gasteiger partial charge is 0.226 e. The van der Waals surface area contributed by atoms with E-state index in [1.54, 1.807) is 0 Å². The highest BCUT2D eigenvalue weighted by Crippen LogP contribution is 2.28. The quantitative estimate of drug-likeness (QED) is 0.585. The summed E-state index contributed by atoms with van der Waals surface area (Å²) in [5.41, 5.74) is 4.07. The van der Waals surface area contributed by atoms with E-state index in [0.717, 1.165) is 46.6 Å². The number of hydrogen-bond acceptors (Lipinski definition) is 3. The van der Waals surface area contributed by atoms with Gasteiger partial charge in [0.15, 0.2) is 0 Å². The minimum absolute atomic E-state index is 0.735. The van der Waals surface area contributed by atoms with Crippen LogP contribution in [-0.2, 0) is 0 Å². The molecule has 1 aliphatic rings. The normalized spacial score (nSPS) is 14.9. The van der Waals surface area contributed by atoms with Crippen molar-refractivity contribution in [1.82, 2.24) is 9.97 Å². The van der Waals surface area contributed by atoms with E-state index >= 15 is 0 Å². The molecule has 0 atom stereocenters. The molecule has 2 aromatic carbocycles. The Labute approximate surface area is 159 Å². The van der Waals surface area contributed by atoms with Crippen LogP contribution in [0.4, 0.5) is 5.95 Å². The second-order valence-electron chi connectivity index (χ2n) is 6.71. The Hall–Kier alpha value is -2.39. The van der Waals surface area contributed by atoms with Crippen LogP contribution in [0.1, 0.15) is 25.7 Å². The van der Waals surface area contributed by atoms with Gasteiger partial charge in [-0.2, -0.15) is 0 Å². The van der Waals surface area contributed by atoms with Crippen LogP contribution in [0.15, 0.2) is 60.7 Å². The lowest BCUT2D eigenvalue weighted by molar-refractivity contribution is 0.726. The molecule has 1 aromatic heterocycles. The molecule has 4 heteroatoms. The zero-order valence-electron chi connectivity index (χ0n) is 14.7. The molecule has 4 rings (SSSR count). The molecule has 0 N–H and O–H groups in total. The lowest BCUT2D eigenvalue weighted by Gasteiger charge is -2.21. The van der Waals surface area contributed by atoms with Crippen LogP contribution >= 0.6 is 11.6 Å². The van der Waals surface area contributed by atoms with Crippen molar-refractivity contribution in [3.63, 3.8) is 0 Å². The predicted octanol–water partition coefficient (Wildman–Crippen LogP) is 5.84. The molecule has 0 radical (unpaired) electrons. The average Bonchev–Trinajstić information content (AvgIpc) is 2.98. The fourth-order valence-electron chi connectivity index (χ4n) is 3.37. The molecule has 0 aliphatic carbocycles. The maximum absolute atomic E-state index is 6.06. The Morgan fingerprint density at radius 3 is 1.88 bits per heavy atom. The van der Waals surface area contributed by atoms with Crippen molar-refractivity contribution in [2.45, 2.75) is 25.7 Å². The third-order valence-electron chi connectivity index (χ3n) is 4.81. The molecule has 1 aliphatic heterocycles. The Morgan fingerprint density at radius 1 is 0.692 bits per heavy atom. The van der Waals surface area contributed by atoms with E-state index in [-0.39, 0.29) is 0 Å². The van der Waals surface area contributed by atoms with Gasteiger partial charge in [0.2, 0.25) is 5.95 Å². The van der Waals surface area contributed by atoms with Gasteiger partial charge in [-0.15, -0.1) is 0 Å². The lowest BCUT2D eigenvalue weighted by atomic mass is 10.1. The summed E-state index contributed by atoms with van der Waals surface area (Å²) in [6.45, 7) is 2.05. The molecule has 0 unspecified atom stereocenters. The second kappa shape index (κ2) is 7.88. The third-order valence-corrected chi connectivity index (χ3v) is 5.06. The largest absolute Gasteiger partial charge is 0.341 e. The van der Waals surface area contributed by atoms with Crippen LogP contribution in [0.25, 0.3) is 22.5 Å². The van der Waals surface area contributed by atoms with Gasteiger partial charge in [-0.3, -0.25) is 0 Å². The molecule has 0 spiro atoms. The lowest BCUT2D eigenvalue weighted by Crippen LogP contribution is -2.26. The first-order valence-corrected chi connectivity index (χ1v) is 9.63. The van der Waals surface area contributed by atoms with Gasteiger partial charge in [0.25, 0.3) is 0 Å². The Balaban J connectivity index is 1.80. The SMILES string of the molecule is Clc1ccc(-c2cc(-c3ccccc3)nc(N3CCCCCC3)n2)cc1. The number of halogens is 1. The van der Waals surface area contributed by atoms with Gasteiger partial charge in [0.05, 0.1) is 11.4 Å². The Bertz CT molecular complexity index is 854. The summed E-state index contributed by atoms with van der Waals surface area (Å²) in [5.74, 6) is 0.832. The molecule has 2 heterocycles. The maximum atomic E-state index is 6.06. The minimum Gasteiger partial charge on any atom is -0.341 e. The van der Waals surface area contributed by atoms with Crippen molar-refractivity contribution in [3.05, 3.63) is 65.7 Å². The molecule has 3 aromatic rings. The maximum Gasteiger partial charge on any atom is 0.226 e. The highest BCUT2D eigenvalue weighted by atomic mass is 35.5.